The van der Waals surface area contributed by atoms with Crippen molar-refractivity contribution >= 4 is 28.8 Å². The number of para-hydroxylation sites is 2. The van der Waals surface area contributed by atoms with Crippen LogP contribution in [-0.2, 0) is 4.79 Å². The van der Waals surface area contributed by atoms with E-state index in [4.69, 9.17) is 4.74 Å². The number of ether oxygens (including phenoxy) is 1. The lowest BCUT2D eigenvalue weighted by molar-refractivity contribution is -0.119. The molecule has 5 nitrogen and oxygen atoms in total. The van der Waals surface area contributed by atoms with Gasteiger partial charge in [0.15, 0.2) is 5.75 Å². The van der Waals surface area contributed by atoms with E-state index in [0.717, 1.165) is 12.0 Å². The summed E-state index contributed by atoms with van der Waals surface area (Å²) in [5, 5.41) is 4.84. The van der Waals surface area contributed by atoms with Gasteiger partial charge in [0.25, 0.3) is 5.91 Å². The number of anilines is 1. The molecule has 2 amide bonds. The van der Waals surface area contributed by atoms with Crippen molar-refractivity contribution in [2.75, 3.05) is 11.9 Å². The molecule has 1 N–H and O–H groups in total. The standard InChI is InChI=1S/C23H22N2O3S/c1-16-7-4-8-17(15-16)28-20-11-3-2-9-18(20)24-22(26)19-10-5-13-25(19)23(27)21-12-6-14-29-21/h2-4,6-9,11-12,14-15,19H,5,10,13H2,1H3,(H,24,26). The molecule has 4 rings (SSSR count). The van der Waals surface area contributed by atoms with E-state index in [9.17, 15) is 9.59 Å². The second kappa shape index (κ2) is 8.49. The van der Waals surface area contributed by atoms with Crippen LogP contribution >= 0.6 is 11.3 Å². The van der Waals surface area contributed by atoms with E-state index in [1.165, 1.54) is 11.3 Å². The van der Waals surface area contributed by atoms with Gasteiger partial charge in [-0.2, -0.15) is 0 Å². The number of aryl methyl sites for hydroxylation is 1. The Balaban J connectivity index is 1.50. The van der Waals surface area contributed by atoms with Crippen molar-refractivity contribution in [3.8, 4) is 11.5 Å². The molecule has 148 valence electrons. The molecule has 2 aromatic carbocycles. The number of nitrogens with zero attached hydrogens (tertiary/aromatic N) is 1. The van der Waals surface area contributed by atoms with Gasteiger partial charge in [-0.15, -0.1) is 11.3 Å². The summed E-state index contributed by atoms with van der Waals surface area (Å²) in [7, 11) is 0. The monoisotopic (exact) mass is 406 g/mol. The van der Waals surface area contributed by atoms with Crippen molar-refractivity contribution in [2.24, 2.45) is 0 Å². The van der Waals surface area contributed by atoms with E-state index in [2.05, 4.69) is 5.32 Å². The first-order valence-corrected chi connectivity index (χ1v) is 10.5. The van der Waals surface area contributed by atoms with Crippen LogP contribution in [0.5, 0.6) is 11.5 Å². The molecule has 0 radical (unpaired) electrons. The van der Waals surface area contributed by atoms with Gasteiger partial charge in [0.05, 0.1) is 10.6 Å². The topological polar surface area (TPSA) is 58.6 Å². The molecule has 0 spiro atoms. The zero-order valence-corrected chi connectivity index (χ0v) is 16.9. The predicted molar refractivity (Wildman–Crippen MR) is 115 cm³/mol. The summed E-state index contributed by atoms with van der Waals surface area (Å²) in [6.07, 6.45) is 1.47. The summed E-state index contributed by atoms with van der Waals surface area (Å²) in [5.74, 6) is 1.01. The van der Waals surface area contributed by atoms with Gasteiger partial charge in [-0.1, -0.05) is 30.3 Å². The molecule has 1 atom stereocenters. The number of benzene rings is 2. The highest BCUT2D eigenvalue weighted by Crippen LogP contribution is 2.31. The van der Waals surface area contributed by atoms with Crippen LogP contribution in [-0.4, -0.2) is 29.3 Å². The molecule has 1 aliphatic rings. The van der Waals surface area contributed by atoms with Crippen LogP contribution in [0.15, 0.2) is 66.0 Å². The number of carbonyl (C=O) groups is 2. The number of hydrogen-bond donors (Lipinski definition) is 1. The molecule has 3 aromatic rings. The minimum Gasteiger partial charge on any atom is -0.455 e. The largest absolute Gasteiger partial charge is 0.455 e. The summed E-state index contributed by atoms with van der Waals surface area (Å²) in [6.45, 7) is 2.59. The Bertz CT molecular complexity index is 1020. The smallest absolute Gasteiger partial charge is 0.264 e. The lowest BCUT2D eigenvalue weighted by Crippen LogP contribution is -2.43. The van der Waals surface area contributed by atoms with E-state index in [0.29, 0.717) is 35.0 Å². The summed E-state index contributed by atoms with van der Waals surface area (Å²) < 4.78 is 5.99. The fourth-order valence-corrected chi connectivity index (χ4v) is 4.18. The Morgan fingerprint density at radius 2 is 1.97 bits per heavy atom. The third kappa shape index (κ3) is 4.32. The number of rotatable bonds is 5. The number of thiophene rings is 1. The van der Waals surface area contributed by atoms with Crippen molar-refractivity contribution < 1.29 is 14.3 Å². The first-order chi connectivity index (χ1) is 14.1. The van der Waals surface area contributed by atoms with E-state index in [1.807, 2.05) is 66.9 Å². The molecule has 0 aliphatic carbocycles. The Labute approximate surface area is 173 Å². The second-order valence-electron chi connectivity index (χ2n) is 7.04. The molecular weight excluding hydrogens is 384 g/mol. The average Bonchev–Trinajstić information content (AvgIpc) is 3.41. The van der Waals surface area contributed by atoms with Gasteiger partial charge in [-0.3, -0.25) is 9.59 Å². The lowest BCUT2D eigenvalue weighted by Gasteiger charge is -2.24. The van der Waals surface area contributed by atoms with Gasteiger partial charge >= 0.3 is 0 Å². The lowest BCUT2D eigenvalue weighted by atomic mass is 10.2. The van der Waals surface area contributed by atoms with Crippen LogP contribution in [0, 0.1) is 6.92 Å². The molecule has 1 fully saturated rings. The number of amides is 2. The maximum atomic E-state index is 13.0. The number of likely N-dealkylation sites (tertiary alicyclic amines) is 1. The highest BCUT2D eigenvalue weighted by atomic mass is 32.1. The number of carbonyl (C=O) groups excluding carboxylic acids is 2. The SMILES string of the molecule is Cc1cccc(Oc2ccccc2NC(=O)C2CCCN2C(=O)c2cccs2)c1. The van der Waals surface area contributed by atoms with Crippen molar-refractivity contribution in [1.29, 1.82) is 0 Å². The Morgan fingerprint density at radius 1 is 1.10 bits per heavy atom. The maximum absolute atomic E-state index is 13.0. The van der Waals surface area contributed by atoms with Gasteiger partial charge in [-0.05, 0) is 61.0 Å². The molecule has 2 heterocycles. The third-order valence-corrected chi connectivity index (χ3v) is 5.77. The molecule has 0 bridgehead atoms. The van der Waals surface area contributed by atoms with Gasteiger partial charge in [0.2, 0.25) is 5.91 Å². The number of hydrogen-bond acceptors (Lipinski definition) is 4. The summed E-state index contributed by atoms with van der Waals surface area (Å²) in [4.78, 5) is 28.1. The minimum atomic E-state index is -0.475. The molecule has 0 saturated carbocycles. The molecular formula is C23H22N2O3S. The zero-order valence-electron chi connectivity index (χ0n) is 16.1. The second-order valence-corrected chi connectivity index (χ2v) is 7.99. The zero-order chi connectivity index (χ0) is 20.2. The van der Waals surface area contributed by atoms with Crippen molar-refractivity contribution in [2.45, 2.75) is 25.8 Å². The van der Waals surface area contributed by atoms with Crippen molar-refractivity contribution in [3.63, 3.8) is 0 Å². The van der Waals surface area contributed by atoms with Crippen molar-refractivity contribution in [3.05, 3.63) is 76.5 Å². The van der Waals surface area contributed by atoms with E-state index < -0.39 is 6.04 Å². The van der Waals surface area contributed by atoms with Crippen LogP contribution in [0.3, 0.4) is 0 Å². The quantitative estimate of drug-likeness (QED) is 0.642. The number of nitrogens with one attached hydrogen (secondary N) is 1. The summed E-state index contributed by atoms with van der Waals surface area (Å²) in [5.41, 5.74) is 1.69. The van der Waals surface area contributed by atoms with Gasteiger partial charge in [0.1, 0.15) is 11.8 Å². The van der Waals surface area contributed by atoms with Gasteiger partial charge < -0.3 is 15.0 Å². The van der Waals surface area contributed by atoms with Gasteiger partial charge in [-0.25, -0.2) is 0 Å². The highest BCUT2D eigenvalue weighted by Gasteiger charge is 2.35. The van der Waals surface area contributed by atoms with Crippen LogP contribution in [0.2, 0.25) is 0 Å². The molecule has 29 heavy (non-hydrogen) atoms. The fraction of sp³-hybridized carbons (Fsp3) is 0.217. The van der Waals surface area contributed by atoms with E-state index >= 15 is 0 Å². The Morgan fingerprint density at radius 3 is 2.76 bits per heavy atom. The maximum Gasteiger partial charge on any atom is 0.264 e. The first-order valence-electron chi connectivity index (χ1n) is 9.61. The average molecular weight is 407 g/mol. The minimum absolute atomic E-state index is 0.0815. The first kappa shape index (κ1) is 19.2. The van der Waals surface area contributed by atoms with E-state index in [1.54, 1.807) is 11.0 Å². The van der Waals surface area contributed by atoms with Crippen LogP contribution in [0.4, 0.5) is 5.69 Å². The summed E-state index contributed by atoms with van der Waals surface area (Å²) >= 11 is 1.40. The molecule has 1 aliphatic heterocycles. The van der Waals surface area contributed by atoms with Crippen molar-refractivity contribution in [1.82, 2.24) is 4.90 Å². The van der Waals surface area contributed by atoms with Crippen LogP contribution in [0.25, 0.3) is 0 Å². The molecule has 1 saturated heterocycles. The van der Waals surface area contributed by atoms with Crippen LogP contribution in [0.1, 0.15) is 28.1 Å². The highest BCUT2D eigenvalue weighted by molar-refractivity contribution is 7.12. The molecule has 1 unspecified atom stereocenters. The van der Waals surface area contributed by atoms with Crippen LogP contribution < -0.4 is 10.1 Å². The fourth-order valence-electron chi connectivity index (χ4n) is 3.50. The Hall–Kier alpha value is -3.12. The molecule has 6 heteroatoms. The predicted octanol–water partition coefficient (Wildman–Crippen LogP) is 5.09. The van der Waals surface area contributed by atoms with E-state index in [-0.39, 0.29) is 11.8 Å². The molecule has 1 aromatic heterocycles. The Kier molecular flexibility index (Phi) is 5.62. The summed E-state index contributed by atoms with van der Waals surface area (Å²) in [6, 6.07) is 18.3. The normalized spacial score (nSPS) is 15.9. The van der Waals surface area contributed by atoms with Gasteiger partial charge in [0, 0.05) is 6.54 Å². The third-order valence-electron chi connectivity index (χ3n) is 4.91.